The van der Waals surface area contributed by atoms with Gasteiger partial charge in [-0.2, -0.15) is 0 Å². The molecule has 1 aliphatic heterocycles. The summed E-state index contributed by atoms with van der Waals surface area (Å²) in [6.07, 6.45) is 2.51. The van der Waals surface area contributed by atoms with Crippen LogP contribution in [0.5, 0.6) is 0 Å². The highest BCUT2D eigenvalue weighted by Gasteiger charge is 2.29. The van der Waals surface area contributed by atoms with Gasteiger partial charge in [-0.1, -0.05) is 34.6 Å². The normalized spacial score (nSPS) is 25.7. The molecule has 114 valence electrons. The van der Waals surface area contributed by atoms with Crippen molar-refractivity contribution in [1.29, 1.82) is 0 Å². The van der Waals surface area contributed by atoms with Crippen molar-refractivity contribution in [2.45, 2.75) is 59.5 Å². The van der Waals surface area contributed by atoms with Gasteiger partial charge >= 0.3 is 0 Å². The number of likely N-dealkylation sites (N-methyl/N-ethyl adjacent to an activating group) is 1. The second-order valence-corrected chi connectivity index (χ2v) is 6.98. The van der Waals surface area contributed by atoms with E-state index in [1.807, 2.05) is 0 Å². The molecule has 0 bridgehead atoms. The van der Waals surface area contributed by atoms with E-state index in [4.69, 9.17) is 0 Å². The molecule has 19 heavy (non-hydrogen) atoms. The maximum absolute atomic E-state index is 3.62. The highest BCUT2D eigenvalue weighted by atomic mass is 15.3. The standard InChI is InChI=1S/C16H35N3/c1-7-15-11-19(10-9-18(15)6)13-16(5,8-2)12-17-14(3)4/h14-15,17H,7-13H2,1-6H3. The average Bonchev–Trinajstić information content (AvgIpc) is 2.39. The van der Waals surface area contributed by atoms with Gasteiger partial charge in [-0.3, -0.25) is 4.90 Å². The van der Waals surface area contributed by atoms with Crippen molar-refractivity contribution in [3.8, 4) is 0 Å². The Kier molecular flexibility index (Phi) is 6.78. The molecule has 1 saturated heterocycles. The molecule has 1 rings (SSSR count). The summed E-state index contributed by atoms with van der Waals surface area (Å²) in [6, 6.07) is 1.33. The molecular formula is C16H35N3. The molecule has 1 heterocycles. The van der Waals surface area contributed by atoms with Crippen LogP contribution in [0.4, 0.5) is 0 Å². The maximum atomic E-state index is 3.62. The number of piperazine rings is 1. The van der Waals surface area contributed by atoms with E-state index in [-0.39, 0.29) is 0 Å². The van der Waals surface area contributed by atoms with Gasteiger partial charge < -0.3 is 10.2 Å². The predicted molar refractivity (Wildman–Crippen MR) is 84.7 cm³/mol. The third-order valence-corrected chi connectivity index (χ3v) is 4.73. The molecule has 0 aromatic rings. The highest BCUT2D eigenvalue weighted by Crippen LogP contribution is 2.23. The van der Waals surface area contributed by atoms with E-state index in [1.54, 1.807) is 0 Å². The van der Waals surface area contributed by atoms with Gasteiger partial charge in [0, 0.05) is 44.8 Å². The molecule has 0 aromatic heterocycles. The molecule has 0 spiro atoms. The second kappa shape index (κ2) is 7.61. The van der Waals surface area contributed by atoms with Crippen molar-refractivity contribution in [1.82, 2.24) is 15.1 Å². The molecule has 0 saturated carbocycles. The van der Waals surface area contributed by atoms with Crippen LogP contribution in [-0.2, 0) is 0 Å². The first-order chi connectivity index (χ1) is 8.90. The lowest BCUT2D eigenvalue weighted by molar-refractivity contribution is 0.0591. The van der Waals surface area contributed by atoms with Gasteiger partial charge in [-0.25, -0.2) is 0 Å². The zero-order valence-corrected chi connectivity index (χ0v) is 14.0. The van der Waals surface area contributed by atoms with Gasteiger partial charge in [0.15, 0.2) is 0 Å². The SMILES string of the molecule is CCC1CN(CC(C)(CC)CNC(C)C)CCN1C. The molecule has 1 aliphatic rings. The Morgan fingerprint density at radius 2 is 1.95 bits per heavy atom. The van der Waals surface area contributed by atoms with E-state index in [0.29, 0.717) is 11.5 Å². The van der Waals surface area contributed by atoms with E-state index >= 15 is 0 Å². The van der Waals surface area contributed by atoms with Crippen LogP contribution in [0.3, 0.4) is 0 Å². The fraction of sp³-hybridized carbons (Fsp3) is 1.00. The number of hydrogen-bond donors (Lipinski definition) is 1. The minimum atomic E-state index is 0.401. The number of hydrogen-bond acceptors (Lipinski definition) is 3. The lowest BCUT2D eigenvalue weighted by atomic mass is 9.86. The molecule has 3 nitrogen and oxygen atoms in total. The van der Waals surface area contributed by atoms with Crippen LogP contribution >= 0.6 is 0 Å². The van der Waals surface area contributed by atoms with Crippen LogP contribution in [-0.4, -0.2) is 61.7 Å². The van der Waals surface area contributed by atoms with E-state index in [1.165, 1.54) is 39.0 Å². The Balaban J connectivity index is 2.50. The first-order valence-corrected chi connectivity index (χ1v) is 8.06. The van der Waals surface area contributed by atoms with Gasteiger partial charge in [-0.15, -0.1) is 0 Å². The van der Waals surface area contributed by atoms with Gasteiger partial charge in [0.1, 0.15) is 0 Å². The van der Waals surface area contributed by atoms with Gasteiger partial charge in [0.25, 0.3) is 0 Å². The summed E-state index contributed by atoms with van der Waals surface area (Å²) in [6.45, 7) is 17.6. The number of nitrogens with zero attached hydrogens (tertiary/aromatic N) is 2. The molecule has 0 amide bonds. The van der Waals surface area contributed by atoms with E-state index < -0.39 is 0 Å². The first-order valence-electron chi connectivity index (χ1n) is 8.06. The van der Waals surface area contributed by atoms with E-state index in [0.717, 1.165) is 12.6 Å². The molecule has 0 aliphatic carbocycles. The van der Waals surface area contributed by atoms with Crippen molar-refractivity contribution in [3.63, 3.8) is 0 Å². The molecule has 0 radical (unpaired) electrons. The van der Waals surface area contributed by atoms with Crippen LogP contribution in [0.1, 0.15) is 47.5 Å². The van der Waals surface area contributed by atoms with Gasteiger partial charge in [0.05, 0.1) is 0 Å². The summed E-state index contributed by atoms with van der Waals surface area (Å²) in [5, 5.41) is 3.62. The van der Waals surface area contributed by atoms with Crippen molar-refractivity contribution >= 4 is 0 Å². The van der Waals surface area contributed by atoms with Gasteiger partial charge in [0.2, 0.25) is 0 Å². The lowest BCUT2D eigenvalue weighted by Gasteiger charge is -2.43. The van der Waals surface area contributed by atoms with Crippen molar-refractivity contribution in [3.05, 3.63) is 0 Å². The molecule has 3 heteroatoms. The van der Waals surface area contributed by atoms with Gasteiger partial charge in [-0.05, 0) is 25.3 Å². The van der Waals surface area contributed by atoms with E-state index in [2.05, 4.69) is 56.8 Å². The van der Waals surface area contributed by atoms with Crippen LogP contribution in [0.15, 0.2) is 0 Å². The molecule has 0 aromatic carbocycles. The Labute approximate surface area is 120 Å². The van der Waals surface area contributed by atoms with Crippen LogP contribution in [0.25, 0.3) is 0 Å². The van der Waals surface area contributed by atoms with Crippen molar-refractivity contribution in [2.24, 2.45) is 5.41 Å². The molecule has 1 fully saturated rings. The third kappa shape index (κ3) is 5.41. The largest absolute Gasteiger partial charge is 0.314 e. The fourth-order valence-electron chi connectivity index (χ4n) is 2.88. The second-order valence-electron chi connectivity index (χ2n) is 6.98. The Hall–Kier alpha value is -0.120. The van der Waals surface area contributed by atoms with E-state index in [9.17, 15) is 0 Å². The Morgan fingerprint density at radius 3 is 2.47 bits per heavy atom. The quantitative estimate of drug-likeness (QED) is 0.766. The summed E-state index contributed by atoms with van der Waals surface area (Å²) >= 11 is 0. The molecule has 2 atom stereocenters. The fourth-order valence-corrected chi connectivity index (χ4v) is 2.88. The highest BCUT2D eigenvalue weighted by molar-refractivity contribution is 4.85. The minimum Gasteiger partial charge on any atom is -0.314 e. The number of nitrogens with one attached hydrogen (secondary N) is 1. The molecular weight excluding hydrogens is 234 g/mol. The Morgan fingerprint density at radius 1 is 1.26 bits per heavy atom. The lowest BCUT2D eigenvalue weighted by Crippen LogP contribution is -2.54. The molecule has 1 N–H and O–H groups in total. The average molecular weight is 269 g/mol. The Bertz CT molecular complexity index is 254. The zero-order valence-electron chi connectivity index (χ0n) is 14.0. The van der Waals surface area contributed by atoms with Crippen molar-refractivity contribution < 1.29 is 0 Å². The maximum Gasteiger partial charge on any atom is 0.0218 e. The number of rotatable bonds is 7. The summed E-state index contributed by atoms with van der Waals surface area (Å²) in [7, 11) is 2.27. The summed E-state index contributed by atoms with van der Waals surface area (Å²) < 4.78 is 0. The monoisotopic (exact) mass is 269 g/mol. The topological polar surface area (TPSA) is 18.5 Å². The van der Waals surface area contributed by atoms with Crippen LogP contribution in [0, 0.1) is 5.41 Å². The first kappa shape index (κ1) is 16.9. The van der Waals surface area contributed by atoms with Crippen molar-refractivity contribution in [2.75, 3.05) is 39.8 Å². The van der Waals surface area contributed by atoms with Crippen LogP contribution < -0.4 is 5.32 Å². The molecule has 2 unspecified atom stereocenters. The summed E-state index contributed by atoms with van der Waals surface area (Å²) in [5.41, 5.74) is 0.401. The summed E-state index contributed by atoms with van der Waals surface area (Å²) in [5.74, 6) is 0. The summed E-state index contributed by atoms with van der Waals surface area (Å²) in [4.78, 5) is 5.20. The minimum absolute atomic E-state index is 0.401. The third-order valence-electron chi connectivity index (χ3n) is 4.73. The zero-order chi connectivity index (χ0) is 14.5. The van der Waals surface area contributed by atoms with Crippen LogP contribution in [0.2, 0.25) is 0 Å². The smallest absolute Gasteiger partial charge is 0.0218 e. The predicted octanol–water partition coefficient (Wildman–Crippen LogP) is 2.43.